The van der Waals surface area contributed by atoms with Crippen molar-refractivity contribution in [3.8, 4) is 0 Å². The maximum absolute atomic E-state index is 13.3. The number of piperidine rings is 1. The molecule has 3 saturated heterocycles. The number of hydrogen-bond acceptors (Lipinski definition) is 6. The van der Waals surface area contributed by atoms with Crippen LogP contribution in [0.5, 0.6) is 0 Å². The first-order chi connectivity index (χ1) is 18.8. The average Bonchev–Trinajstić information content (AvgIpc) is 3.62. The Labute approximate surface area is 232 Å². The van der Waals surface area contributed by atoms with E-state index in [9.17, 15) is 13.2 Å². The van der Waals surface area contributed by atoms with Gasteiger partial charge in [-0.15, -0.1) is 0 Å². The number of sulfonamides is 1. The highest BCUT2D eigenvalue weighted by atomic mass is 32.2. The maximum Gasteiger partial charge on any atom is 0.257 e. The summed E-state index contributed by atoms with van der Waals surface area (Å²) in [6.45, 7) is 9.85. The largest absolute Gasteiger partial charge is 0.338 e. The third-order valence-corrected chi connectivity index (χ3v) is 12.0. The summed E-state index contributed by atoms with van der Waals surface area (Å²) in [7, 11) is -3.08. The molecule has 0 radical (unpaired) electrons. The molecule has 4 aliphatic rings. The van der Waals surface area contributed by atoms with Crippen molar-refractivity contribution in [2.24, 2.45) is 17.8 Å². The predicted molar refractivity (Wildman–Crippen MR) is 151 cm³/mol. The molecule has 210 valence electrons. The number of fused-ring (bicyclic) bond motifs is 1. The average molecular weight is 552 g/mol. The monoisotopic (exact) mass is 551 g/mol. The Kier molecular flexibility index (Phi) is 7.50. The van der Waals surface area contributed by atoms with E-state index in [0.29, 0.717) is 42.3 Å². The second-order valence-electron chi connectivity index (χ2n) is 12.2. The van der Waals surface area contributed by atoms with E-state index >= 15 is 0 Å². The Morgan fingerprint density at radius 3 is 2.13 bits per heavy atom. The summed E-state index contributed by atoms with van der Waals surface area (Å²) < 4.78 is 27.3. The van der Waals surface area contributed by atoms with Gasteiger partial charge in [0.25, 0.3) is 5.91 Å². The fraction of sp³-hybridized carbons (Fsp3) is 0.633. The van der Waals surface area contributed by atoms with E-state index in [1.807, 2.05) is 18.7 Å². The topological polar surface area (TPSA) is 86.7 Å². The Morgan fingerprint density at radius 1 is 0.923 bits per heavy atom. The van der Waals surface area contributed by atoms with Gasteiger partial charge in [0.2, 0.25) is 10.0 Å². The van der Waals surface area contributed by atoms with Gasteiger partial charge in [0.1, 0.15) is 6.33 Å². The third-order valence-electron chi connectivity index (χ3n) is 9.65. The van der Waals surface area contributed by atoms with E-state index < -0.39 is 10.0 Å². The Hall–Kier alpha value is -2.36. The number of aryl methyl sites for hydroxylation is 2. The summed E-state index contributed by atoms with van der Waals surface area (Å²) >= 11 is 0. The SMILES string of the molecule is Cc1ncnc(C)c1C(=O)N1C[C@H]2CN(CCC(c3ccccc3)C3CCN(S(=O)(=O)C4CC4)CC3)C[C@H]2C1. The summed E-state index contributed by atoms with van der Waals surface area (Å²) in [5.74, 6) is 2.06. The molecule has 1 aromatic heterocycles. The van der Waals surface area contributed by atoms with Gasteiger partial charge >= 0.3 is 0 Å². The minimum absolute atomic E-state index is 0.0748. The second kappa shape index (κ2) is 10.9. The van der Waals surface area contributed by atoms with Gasteiger partial charge in [-0.25, -0.2) is 22.7 Å². The van der Waals surface area contributed by atoms with Crippen LogP contribution in [0, 0.1) is 31.6 Å². The van der Waals surface area contributed by atoms with Crippen LogP contribution in [-0.2, 0) is 10.0 Å². The van der Waals surface area contributed by atoms with Crippen molar-refractivity contribution in [2.45, 2.75) is 57.1 Å². The molecule has 4 fully saturated rings. The number of rotatable bonds is 8. The van der Waals surface area contributed by atoms with E-state index in [2.05, 4.69) is 45.2 Å². The molecule has 2 aromatic rings. The summed E-state index contributed by atoms with van der Waals surface area (Å²) in [4.78, 5) is 26.4. The quantitative estimate of drug-likeness (QED) is 0.499. The van der Waals surface area contributed by atoms with Crippen LogP contribution in [0.1, 0.15) is 65.3 Å². The van der Waals surface area contributed by atoms with Gasteiger partial charge in [-0.1, -0.05) is 30.3 Å². The van der Waals surface area contributed by atoms with Gasteiger partial charge in [0.15, 0.2) is 0 Å². The molecule has 3 aliphatic heterocycles. The number of carbonyl (C=O) groups excluding carboxylic acids is 1. The molecule has 8 nitrogen and oxygen atoms in total. The first-order valence-corrected chi connectivity index (χ1v) is 16.2. The zero-order valence-electron chi connectivity index (χ0n) is 23.2. The van der Waals surface area contributed by atoms with Crippen LogP contribution in [0.25, 0.3) is 0 Å². The number of hydrogen-bond donors (Lipinski definition) is 0. The van der Waals surface area contributed by atoms with Gasteiger partial charge < -0.3 is 9.80 Å². The molecule has 0 spiro atoms. The van der Waals surface area contributed by atoms with Crippen molar-refractivity contribution < 1.29 is 13.2 Å². The van der Waals surface area contributed by atoms with Crippen molar-refractivity contribution in [1.29, 1.82) is 0 Å². The van der Waals surface area contributed by atoms with Crippen molar-refractivity contribution in [3.63, 3.8) is 0 Å². The molecule has 1 aliphatic carbocycles. The van der Waals surface area contributed by atoms with Gasteiger partial charge in [-0.3, -0.25) is 4.79 Å². The maximum atomic E-state index is 13.3. The Morgan fingerprint density at radius 2 is 1.54 bits per heavy atom. The van der Waals surface area contributed by atoms with Crippen molar-refractivity contribution in [1.82, 2.24) is 24.1 Å². The molecule has 9 heteroatoms. The van der Waals surface area contributed by atoms with Crippen LogP contribution < -0.4 is 0 Å². The number of aromatic nitrogens is 2. The van der Waals surface area contributed by atoms with Crippen molar-refractivity contribution in [3.05, 3.63) is 59.2 Å². The molecule has 0 bridgehead atoms. The first kappa shape index (κ1) is 26.8. The summed E-state index contributed by atoms with van der Waals surface area (Å²) in [5.41, 5.74) is 3.56. The minimum atomic E-state index is -3.08. The lowest BCUT2D eigenvalue weighted by Gasteiger charge is -2.36. The van der Waals surface area contributed by atoms with Crippen LogP contribution in [-0.4, -0.2) is 89.5 Å². The fourth-order valence-corrected chi connectivity index (χ4v) is 9.18. The van der Waals surface area contributed by atoms with Crippen LogP contribution in [0.3, 0.4) is 0 Å². The molecule has 3 atom stereocenters. The zero-order valence-corrected chi connectivity index (χ0v) is 24.0. The summed E-state index contributed by atoms with van der Waals surface area (Å²) in [5, 5.41) is -0.117. The highest BCUT2D eigenvalue weighted by molar-refractivity contribution is 7.90. The number of benzene rings is 1. The molecule has 4 heterocycles. The van der Waals surface area contributed by atoms with Crippen molar-refractivity contribution in [2.75, 3.05) is 45.8 Å². The highest BCUT2D eigenvalue weighted by Crippen LogP contribution is 2.39. The lowest BCUT2D eigenvalue weighted by atomic mass is 9.78. The molecule has 6 rings (SSSR count). The van der Waals surface area contributed by atoms with Gasteiger partial charge in [-0.05, 0) is 81.7 Å². The van der Waals surface area contributed by atoms with E-state index in [4.69, 9.17) is 0 Å². The molecular weight excluding hydrogens is 510 g/mol. The van der Waals surface area contributed by atoms with Gasteiger partial charge in [-0.2, -0.15) is 0 Å². The molecule has 0 N–H and O–H groups in total. The molecular formula is C30H41N5O3S. The summed E-state index contributed by atoms with van der Waals surface area (Å²) in [6, 6.07) is 10.8. The Balaban J connectivity index is 1.05. The molecule has 1 aromatic carbocycles. The number of amides is 1. The van der Waals surface area contributed by atoms with Crippen molar-refractivity contribution >= 4 is 15.9 Å². The first-order valence-electron chi connectivity index (χ1n) is 14.6. The molecule has 1 unspecified atom stereocenters. The van der Waals surface area contributed by atoms with Crippen LogP contribution in [0.4, 0.5) is 0 Å². The molecule has 39 heavy (non-hydrogen) atoms. The predicted octanol–water partition coefficient (Wildman–Crippen LogP) is 3.48. The zero-order chi connectivity index (χ0) is 27.1. The summed E-state index contributed by atoms with van der Waals surface area (Å²) in [6.07, 6.45) is 6.16. The van der Waals surface area contributed by atoms with E-state index in [1.165, 1.54) is 11.9 Å². The lowest BCUT2D eigenvalue weighted by Crippen LogP contribution is -2.41. The second-order valence-corrected chi connectivity index (χ2v) is 14.4. The third kappa shape index (κ3) is 5.50. The molecule has 1 saturated carbocycles. The normalized spacial score (nSPS) is 25.6. The van der Waals surface area contributed by atoms with E-state index in [0.717, 1.165) is 76.2 Å². The lowest BCUT2D eigenvalue weighted by molar-refractivity contribution is 0.0771. The van der Waals surface area contributed by atoms with E-state index in [-0.39, 0.29) is 11.2 Å². The number of likely N-dealkylation sites (tertiary alicyclic amines) is 2. The standard InChI is InChI=1S/C30H41N5O3S/c1-21-29(22(2)32-20-31-21)30(36)34-18-25-16-33(17-26(25)19-34)13-12-28(23-6-4-3-5-7-23)24-10-14-35(15-11-24)39(37,38)27-8-9-27/h3-7,20,24-28H,8-19H2,1-2H3/t25-,26+,28?. The van der Waals surface area contributed by atoms with Gasteiger partial charge in [0, 0.05) is 39.3 Å². The van der Waals surface area contributed by atoms with Crippen LogP contribution >= 0.6 is 0 Å². The minimum Gasteiger partial charge on any atom is -0.338 e. The Bertz CT molecular complexity index is 1260. The smallest absolute Gasteiger partial charge is 0.257 e. The number of carbonyl (C=O) groups is 1. The van der Waals surface area contributed by atoms with Crippen LogP contribution in [0.15, 0.2) is 36.7 Å². The number of nitrogens with zero attached hydrogens (tertiary/aromatic N) is 5. The molecule has 1 amide bonds. The fourth-order valence-electron chi connectivity index (χ4n) is 7.31. The van der Waals surface area contributed by atoms with Crippen LogP contribution in [0.2, 0.25) is 0 Å². The van der Waals surface area contributed by atoms with Gasteiger partial charge in [0.05, 0.1) is 22.2 Å². The van der Waals surface area contributed by atoms with E-state index in [1.54, 1.807) is 4.31 Å². The highest BCUT2D eigenvalue weighted by Gasteiger charge is 2.44.